The SMILES string of the molecule is O=C(c1ccoc1Br)N1CCN(c2ncc(Br)cn2)CC1. The van der Waals surface area contributed by atoms with E-state index in [0.717, 1.165) is 4.47 Å². The molecule has 21 heavy (non-hydrogen) atoms. The van der Waals surface area contributed by atoms with Crippen molar-refractivity contribution < 1.29 is 9.21 Å². The summed E-state index contributed by atoms with van der Waals surface area (Å²) in [6.45, 7) is 2.69. The van der Waals surface area contributed by atoms with Gasteiger partial charge in [0.1, 0.15) is 0 Å². The van der Waals surface area contributed by atoms with Crippen molar-refractivity contribution in [3.63, 3.8) is 0 Å². The number of hydrogen-bond acceptors (Lipinski definition) is 5. The third kappa shape index (κ3) is 3.11. The number of nitrogens with zero attached hydrogens (tertiary/aromatic N) is 4. The number of halogens is 2. The molecule has 0 radical (unpaired) electrons. The van der Waals surface area contributed by atoms with Gasteiger partial charge in [-0.2, -0.15) is 0 Å². The Kier molecular flexibility index (Phi) is 4.25. The standard InChI is InChI=1S/C13H12Br2N4O2/c14-9-7-16-13(17-8-9)19-4-2-18(3-5-19)12(20)10-1-6-21-11(10)15/h1,6-8H,2-5H2. The highest BCUT2D eigenvalue weighted by Gasteiger charge is 2.25. The maximum atomic E-state index is 12.3. The van der Waals surface area contributed by atoms with Crippen molar-refractivity contribution in [3.05, 3.63) is 39.4 Å². The first-order chi connectivity index (χ1) is 10.1. The molecular formula is C13H12Br2N4O2. The summed E-state index contributed by atoms with van der Waals surface area (Å²) in [5.41, 5.74) is 0.559. The summed E-state index contributed by atoms with van der Waals surface area (Å²) in [7, 11) is 0. The van der Waals surface area contributed by atoms with Crippen molar-refractivity contribution in [3.8, 4) is 0 Å². The van der Waals surface area contributed by atoms with Gasteiger partial charge in [-0.25, -0.2) is 9.97 Å². The molecule has 3 heterocycles. The maximum Gasteiger partial charge on any atom is 0.258 e. The van der Waals surface area contributed by atoms with Crippen LogP contribution in [-0.2, 0) is 0 Å². The van der Waals surface area contributed by atoms with E-state index in [1.807, 2.05) is 4.90 Å². The number of hydrogen-bond donors (Lipinski definition) is 0. The van der Waals surface area contributed by atoms with Gasteiger partial charge in [0.15, 0.2) is 4.67 Å². The Labute approximate surface area is 138 Å². The Balaban J connectivity index is 1.64. The molecule has 0 spiro atoms. The lowest BCUT2D eigenvalue weighted by atomic mass is 10.2. The largest absolute Gasteiger partial charge is 0.457 e. The molecule has 0 aliphatic carbocycles. The van der Waals surface area contributed by atoms with Gasteiger partial charge < -0.3 is 14.2 Å². The van der Waals surface area contributed by atoms with Gasteiger partial charge in [-0.1, -0.05) is 0 Å². The van der Waals surface area contributed by atoms with E-state index in [1.165, 1.54) is 6.26 Å². The topological polar surface area (TPSA) is 62.5 Å². The van der Waals surface area contributed by atoms with E-state index in [4.69, 9.17) is 4.42 Å². The van der Waals surface area contributed by atoms with E-state index in [0.29, 0.717) is 42.4 Å². The lowest BCUT2D eigenvalue weighted by Crippen LogP contribution is -2.49. The van der Waals surface area contributed by atoms with Crippen molar-refractivity contribution in [1.82, 2.24) is 14.9 Å². The summed E-state index contributed by atoms with van der Waals surface area (Å²) in [5, 5.41) is 0. The van der Waals surface area contributed by atoms with Crippen molar-refractivity contribution in [2.75, 3.05) is 31.1 Å². The fraction of sp³-hybridized carbons (Fsp3) is 0.308. The van der Waals surface area contributed by atoms with Crippen LogP contribution >= 0.6 is 31.9 Å². The molecule has 110 valence electrons. The Morgan fingerprint density at radius 3 is 2.38 bits per heavy atom. The zero-order valence-corrected chi connectivity index (χ0v) is 14.2. The fourth-order valence-electron chi connectivity index (χ4n) is 2.19. The Hall–Kier alpha value is -1.41. The molecule has 1 fully saturated rings. The van der Waals surface area contributed by atoms with Crippen LogP contribution in [0.2, 0.25) is 0 Å². The van der Waals surface area contributed by atoms with E-state index in [-0.39, 0.29) is 5.91 Å². The summed E-state index contributed by atoms with van der Waals surface area (Å²) in [5.74, 6) is 0.668. The Morgan fingerprint density at radius 2 is 1.81 bits per heavy atom. The van der Waals surface area contributed by atoms with Gasteiger partial charge in [-0.05, 0) is 37.9 Å². The van der Waals surface area contributed by atoms with E-state index < -0.39 is 0 Å². The highest BCUT2D eigenvalue weighted by atomic mass is 79.9. The number of anilines is 1. The Bertz CT molecular complexity index is 636. The van der Waals surface area contributed by atoms with Crippen molar-refractivity contribution in [2.24, 2.45) is 0 Å². The number of rotatable bonds is 2. The Morgan fingerprint density at radius 1 is 1.14 bits per heavy atom. The number of piperazine rings is 1. The number of furan rings is 1. The molecule has 1 amide bonds. The molecule has 6 nitrogen and oxygen atoms in total. The van der Waals surface area contributed by atoms with Gasteiger partial charge in [0.25, 0.3) is 5.91 Å². The third-order valence-electron chi connectivity index (χ3n) is 3.30. The molecular weight excluding hydrogens is 404 g/mol. The lowest BCUT2D eigenvalue weighted by Gasteiger charge is -2.34. The number of aromatic nitrogens is 2. The van der Waals surface area contributed by atoms with Crippen LogP contribution < -0.4 is 4.90 Å². The summed E-state index contributed by atoms with van der Waals surface area (Å²) in [4.78, 5) is 24.8. The van der Waals surface area contributed by atoms with Gasteiger partial charge in [0.05, 0.1) is 16.3 Å². The number of carbonyl (C=O) groups excluding carboxylic acids is 1. The van der Waals surface area contributed by atoms with Gasteiger partial charge in [-0.3, -0.25) is 4.79 Å². The predicted molar refractivity (Wildman–Crippen MR) is 84.3 cm³/mol. The molecule has 2 aromatic rings. The van der Waals surface area contributed by atoms with Crippen LogP contribution in [0.3, 0.4) is 0 Å². The highest BCUT2D eigenvalue weighted by Crippen LogP contribution is 2.21. The minimum absolute atomic E-state index is 0.0213. The monoisotopic (exact) mass is 414 g/mol. The predicted octanol–water partition coefficient (Wildman–Crippen LogP) is 2.56. The van der Waals surface area contributed by atoms with Gasteiger partial charge in [0, 0.05) is 38.6 Å². The zero-order valence-electron chi connectivity index (χ0n) is 11.0. The van der Waals surface area contributed by atoms with E-state index in [1.54, 1.807) is 18.5 Å². The van der Waals surface area contributed by atoms with E-state index in [9.17, 15) is 4.79 Å². The molecule has 0 saturated carbocycles. The van der Waals surface area contributed by atoms with Crippen molar-refractivity contribution in [1.29, 1.82) is 0 Å². The minimum Gasteiger partial charge on any atom is -0.457 e. The van der Waals surface area contributed by atoms with Crippen LogP contribution in [0, 0.1) is 0 Å². The lowest BCUT2D eigenvalue weighted by molar-refractivity contribution is 0.0744. The molecule has 3 rings (SSSR count). The van der Waals surface area contributed by atoms with Crippen LogP contribution in [0.1, 0.15) is 10.4 Å². The molecule has 0 bridgehead atoms. The van der Waals surface area contributed by atoms with Crippen LogP contribution in [0.25, 0.3) is 0 Å². The van der Waals surface area contributed by atoms with Crippen molar-refractivity contribution in [2.45, 2.75) is 0 Å². The second kappa shape index (κ2) is 6.15. The van der Waals surface area contributed by atoms with Crippen LogP contribution in [0.5, 0.6) is 0 Å². The molecule has 1 aliphatic heterocycles. The highest BCUT2D eigenvalue weighted by molar-refractivity contribution is 9.10. The molecule has 1 aliphatic rings. The summed E-state index contributed by atoms with van der Waals surface area (Å²) >= 11 is 6.56. The van der Waals surface area contributed by atoms with E-state index in [2.05, 4.69) is 46.7 Å². The average Bonchev–Trinajstić information content (AvgIpc) is 2.94. The van der Waals surface area contributed by atoms with E-state index >= 15 is 0 Å². The molecule has 0 aromatic carbocycles. The van der Waals surface area contributed by atoms with Crippen LogP contribution in [0.15, 0.2) is 38.3 Å². The summed E-state index contributed by atoms with van der Waals surface area (Å²) < 4.78 is 6.44. The molecule has 0 atom stereocenters. The van der Waals surface area contributed by atoms with Crippen LogP contribution in [0.4, 0.5) is 5.95 Å². The maximum absolute atomic E-state index is 12.3. The molecule has 1 saturated heterocycles. The molecule has 0 N–H and O–H groups in total. The second-order valence-electron chi connectivity index (χ2n) is 4.59. The van der Waals surface area contributed by atoms with Crippen molar-refractivity contribution >= 4 is 43.7 Å². The molecule has 0 unspecified atom stereocenters. The summed E-state index contributed by atoms with van der Waals surface area (Å²) in [6, 6.07) is 1.68. The third-order valence-corrected chi connectivity index (χ3v) is 4.33. The second-order valence-corrected chi connectivity index (χ2v) is 6.22. The zero-order chi connectivity index (χ0) is 14.8. The smallest absolute Gasteiger partial charge is 0.258 e. The van der Waals surface area contributed by atoms with Crippen LogP contribution in [-0.4, -0.2) is 47.0 Å². The average molecular weight is 416 g/mol. The number of amides is 1. The van der Waals surface area contributed by atoms with Gasteiger partial charge in [-0.15, -0.1) is 0 Å². The first-order valence-electron chi connectivity index (χ1n) is 6.40. The first kappa shape index (κ1) is 14.5. The fourth-order valence-corrected chi connectivity index (χ4v) is 2.81. The molecule has 8 heteroatoms. The molecule has 2 aromatic heterocycles. The number of carbonyl (C=O) groups is 1. The quantitative estimate of drug-likeness (QED) is 0.754. The minimum atomic E-state index is -0.0213. The van der Waals surface area contributed by atoms with Gasteiger partial charge in [0.2, 0.25) is 5.95 Å². The summed E-state index contributed by atoms with van der Waals surface area (Å²) in [6.07, 6.45) is 4.95. The normalized spacial score (nSPS) is 15.3. The van der Waals surface area contributed by atoms with Gasteiger partial charge >= 0.3 is 0 Å². The first-order valence-corrected chi connectivity index (χ1v) is 7.98.